The topological polar surface area (TPSA) is 92.4 Å². The van der Waals surface area contributed by atoms with E-state index in [0.29, 0.717) is 12.8 Å². The third-order valence-electron chi connectivity index (χ3n) is 3.10. The number of aliphatic hydroxyl groups is 1. The molecule has 0 fully saturated rings. The first-order valence-corrected chi connectivity index (χ1v) is 7.42. The molecule has 0 radical (unpaired) electrons. The number of hydrogen-bond donors (Lipinski definition) is 3. The molecule has 5 nitrogen and oxygen atoms in total. The Bertz CT molecular complexity index is 548. The van der Waals surface area contributed by atoms with Gasteiger partial charge in [-0.15, -0.1) is 0 Å². The Morgan fingerprint density at radius 2 is 2.11 bits per heavy atom. The Hall–Kier alpha value is -1.18. The van der Waals surface area contributed by atoms with Gasteiger partial charge in [0.2, 0.25) is 10.0 Å². The van der Waals surface area contributed by atoms with Crippen LogP contribution in [-0.2, 0) is 10.0 Å². The molecule has 0 saturated heterocycles. The molecule has 0 amide bonds. The lowest BCUT2D eigenvalue weighted by atomic mass is 9.97. The number of nitrogens with two attached hydrogens (primary N) is 1. The van der Waals surface area contributed by atoms with Gasteiger partial charge in [0.1, 0.15) is 5.82 Å². The van der Waals surface area contributed by atoms with Gasteiger partial charge in [0, 0.05) is 12.1 Å². The Labute approximate surface area is 112 Å². The Morgan fingerprint density at radius 3 is 2.58 bits per heavy atom. The molecule has 4 N–H and O–H groups in total. The van der Waals surface area contributed by atoms with Gasteiger partial charge in [0.05, 0.1) is 10.6 Å². The number of rotatable bonds is 6. The van der Waals surface area contributed by atoms with Gasteiger partial charge in [-0.1, -0.05) is 6.92 Å². The van der Waals surface area contributed by atoms with E-state index in [1.54, 1.807) is 6.92 Å². The Kier molecular flexibility index (Phi) is 4.89. The molecular formula is C12H19FN2O3S. The first kappa shape index (κ1) is 15.9. The zero-order valence-corrected chi connectivity index (χ0v) is 11.8. The highest BCUT2D eigenvalue weighted by Gasteiger charge is 2.28. The first-order valence-electron chi connectivity index (χ1n) is 5.94. The summed E-state index contributed by atoms with van der Waals surface area (Å²) in [4.78, 5) is -0.0935. The average molecular weight is 290 g/mol. The number of nitrogen functional groups attached to an aromatic ring is 1. The van der Waals surface area contributed by atoms with Crippen molar-refractivity contribution < 1.29 is 17.9 Å². The van der Waals surface area contributed by atoms with Gasteiger partial charge in [-0.25, -0.2) is 17.5 Å². The summed E-state index contributed by atoms with van der Waals surface area (Å²) in [6.45, 7) is 3.39. The maximum Gasteiger partial charge on any atom is 0.241 e. The van der Waals surface area contributed by atoms with E-state index in [4.69, 9.17) is 10.8 Å². The normalized spacial score (nSPS) is 15.2. The number of benzene rings is 1. The fraction of sp³-hybridized carbons (Fsp3) is 0.500. The molecule has 1 rings (SSSR count). The predicted molar refractivity (Wildman–Crippen MR) is 71.5 cm³/mol. The smallest absolute Gasteiger partial charge is 0.241 e. The van der Waals surface area contributed by atoms with Crippen molar-refractivity contribution in [1.29, 1.82) is 0 Å². The van der Waals surface area contributed by atoms with Crippen molar-refractivity contribution in [2.45, 2.75) is 37.1 Å². The zero-order chi connectivity index (χ0) is 14.7. The van der Waals surface area contributed by atoms with E-state index in [1.165, 1.54) is 0 Å². The third-order valence-corrected chi connectivity index (χ3v) is 4.74. The van der Waals surface area contributed by atoms with Gasteiger partial charge < -0.3 is 10.8 Å². The standard InChI is InChI=1S/C12H19FN2O3S/c1-3-12(2,6-7-16)15-19(17,18)9-4-5-10(13)11(14)8-9/h4-5,8,15-16H,3,6-7,14H2,1-2H3. The minimum atomic E-state index is -3.80. The van der Waals surface area contributed by atoms with Crippen LogP contribution in [-0.4, -0.2) is 25.7 Å². The molecule has 1 aromatic rings. The predicted octanol–water partition coefficient (Wildman–Crippen LogP) is 1.24. The summed E-state index contributed by atoms with van der Waals surface area (Å²) < 4.78 is 39.9. The van der Waals surface area contributed by atoms with Crippen LogP contribution in [0.4, 0.5) is 10.1 Å². The monoisotopic (exact) mass is 290 g/mol. The molecule has 1 unspecified atom stereocenters. The summed E-state index contributed by atoms with van der Waals surface area (Å²) in [6, 6.07) is 3.25. The van der Waals surface area contributed by atoms with Crippen LogP contribution in [0.3, 0.4) is 0 Å². The molecule has 0 saturated carbocycles. The number of anilines is 1. The van der Waals surface area contributed by atoms with Crippen LogP contribution in [0.2, 0.25) is 0 Å². The Morgan fingerprint density at radius 1 is 1.47 bits per heavy atom. The lowest BCUT2D eigenvalue weighted by Crippen LogP contribution is -2.46. The molecule has 0 aromatic heterocycles. The Balaban J connectivity index is 3.07. The van der Waals surface area contributed by atoms with E-state index in [1.807, 2.05) is 6.92 Å². The van der Waals surface area contributed by atoms with Crippen LogP contribution < -0.4 is 10.5 Å². The third kappa shape index (κ3) is 3.89. The quantitative estimate of drug-likeness (QED) is 0.687. The molecule has 108 valence electrons. The summed E-state index contributed by atoms with van der Waals surface area (Å²) in [5.74, 6) is -0.660. The van der Waals surface area contributed by atoms with Gasteiger partial charge >= 0.3 is 0 Å². The highest BCUT2D eigenvalue weighted by molar-refractivity contribution is 7.89. The molecule has 0 spiro atoms. The van der Waals surface area contributed by atoms with Crippen molar-refractivity contribution in [3.8, 4) is 0 Å². The van der Waals surface area contributed by atoms with Crippen LogP contribution in [0.15, 0.2) is 23.1 Å². The summed E-state index contributed by atoms with van der Waals surface area (Å²) in [5.41, 5.74) is 4.39. The number of nitrogens with one attached hydrogen (secondary N) is 1. The summed E-state index contributed by atoms with van der Waals surface area (Å²) in [5, 5.41) is 8.98. The van der Waals surface area contributed by atoms with Gasteiger partial charge in [-0.2, -0.15) is 0 Å². The molecule has 0 aliphatic carbocycles. The van der Waals surface area contributed by atoms with Crippen molar-refractivity contribution in [2.24, 2.45) is 0 Å². The number of halogens is 1. The average Bonchev–Trinajstić information content (AvgIpc) is 2.32. The second-order valence-electron chi connectivity index (χ2n) is 4.68. The largest absolute Gasteiger partial charge is 0.396 e. The van der Waals surface area contributed by atoms with Gasteiger partial charge in [-0.05, 0) is 38.0 Å². The summed E-state index contributed by atoms with van der Waals surface area (Å²) >= 11 is 0. The molecule has 1 atom stereocenters. The lowest BCUT2D eigenvalue weighted by molar-refractivity contribution is 0.233. The van der Waals surface area contributed by atoms with Crippen LogP contribution in [0.5, 0.6) is 0 Å². The highest BCUT2D eigenvalue weighted by atomic mass is 32.2. The molecular weight excluding hydrogens is 271 g/mol. The van der Waals surface area contributed by atoms with Crippen molar-refractivity contribution in [3.05, 3.63) is 24.0 Å². The minimum absolute atomic E-state index is 0.0935. The zero-order valence-electron chi connectivity index (χ0n) is 11.0. The van der Waals surface area contributed by atoms with Crippen LogP contribution in [0.1, 0.15) is 26.7 Å². The van der Waals surface area contributed by atoms with Crippen LogP contribution in [0.25, 0.3) is 0 Å². The lowest BCUT2D eigenvalue weighted by Gasteiger charge is -2.28. The molecule has 1 aromatic carbocycles. The maximum atomic E-state index is 13.0. The SMILES string of the molecule is CCC(C)(CCO)NS(=O)(=O)c1ccc(F)c(N)c1. The van der Waals surface area contributed by atoms with E-state index in [9.17, 15) is 12.8 Å². The molecule has 7 heteroatoms. The van der Waals surface area contributed by atoms with E-state index in [2.05, 4.69) is 4.72 Å². The van der Waals surface area contributed by atoms with Crippen molar-refractivity contribution in [3.63, 3.8) is 0 Å². The fourth-order valence-electron chi connectivity index (χ4n) is 1.62. The number of sulfonamides is 1. The van der Waals surface area contributed by atoms with E-state index >= 15 is 0 Å². The minimum Gasteiger partial charge on any atom is -0.396 e. The summed E-state index contributed by atoms with van der Waals surface area (Å²) in [7, 11) is -3.80. The first-order chi connectivity index (χ1) is 8.74. The second kappa shape index (κ2) is 5.85. The summed E-state index contributed by atoms with van der Waals surface area (Å²) in [6.07, 6.45) is 0.808. The molecule has 0 aliphatic rings. The van der Waals surface area contributed by atoms with E-state index in [-0.39, 0.29) is 17.2 Å². The van der Waals surface area contributed by atoms with Crippen LogP contribution >= 0.6 is 0 Å². The fourth-order valence-corrected chi connectivity index (χ4v) is 3.16. The van der Waals surface area contributed by atoms with Crippen molar-refractivity contribution in [1.82, 2.24) is 4.72 Å². The van der Waals surface area contributed by atoms with Gasteiger partial charge in [-0.3, -0.25) is 0 Å². The molecule has 19 heavy (non-hydrogen) atoms. The van der Waals surface area contributed by atoms with Crippen molar-refractivity contribution in [2.75, 3.05) is 12.3 Å². The van der Waals surface area contributed by atoms with Gasteiger partial charge in [0.15, 0.2) is 0 Å². The van der Waals surface area contributed by atoms with Crippen LogP contribution in [0, 0.1) is 5.82 Å². The molecule has 0 bridgehead atoms. The molecule has 0 heterocycles. The maximum absolute atomic E-state index is 13.0. The number of hydrogen-bond acceptors (Lipinski definition) is 4. The molecule has 0 aliphatic heterocycles. The highest BCUT2D eigenvalue weighted by Crippen LogP contribution is 2.21. The number of aliphatic hydroxyl groups excluding tert-OH is 1. The second-order valence-corrected chi connectivity index (χ2v) is 6.36. The van der Waals surface area contributed by atoms with E-state index < -0.39 is 21.4 Å². The van der Waals surface area contributed by atoms with Crippen molar-refractivity contribution >= 4 is 15.7 Å². The van der Waals surface area contributed by atoms with E-state index in [0.717, 1.165) is 18.2 Å². The van der Waals surface area contributed by atoms with Gasteiger partial charge in [0.25, 0.3) is 0 Å².